The summed E-state index contributed by atoms with van der Waals surface area (Å²) in [5.74, 6) is -0.997. The number of hydrogen-bond acceptors (Lipinski definition) is 6. The van der Waals surface area contributed by atoms with E-state index in [4.69, 9.17) is 14.2 Å². The lowest BCUT2D eigenvalue weighted by Crippen LogP contribution is -2.30. The molecule has 1 atom stereocenters. The van der Waals surface area contributed by atoms with Crippen molar-refractivity contribution < 1.29 is 28.6 Å². The topological polar surface area (TPSA) is 78.9 Å². The zero-order valence-corrected chi connectivity index (χ0v) is 38.4. The first kappa shape index (κ1) is 56.1. The van der Waals surface area contributed by atoms with Crippen molar-refractivity contribution in [2.45, 2.75) is 200 Å². The van der Waals surface area contributed by atoms with Crippen LogP contribution in [-0.2, 0) is 28.6 Å². The summed E-state index contributed by atoms with van der Waals surface area (Å²) >= 11 is 0. The Bertz CT molecular complexity index is 1280. The molecule has 0 aromatic heterocycles. The maximum atomic E-state index is 12.8. The van der Waals surface area contributed by atoms with Crippen LogP contribution in [0.5, 0.6) is 0 Å². The Morgan fingerprint density at radius 1 is 0.350 bits per heavy atom. The van der Waals surface area contributed by atoms with E-state index in [1.54, 1.807) is 0 Å². The molecule has 0 heterocycles. The second-order valence-electron chi connectivity index (χ2n) is 15.5. The third-order valence-corrected chi connectivity index (χ3v) is 9.75. The summed E-state index contributed by atoms with van der Waals surface area (Å²) in [6.45, 7) is 6.26. The van der Waals surface area contributed by atoms with Crippen molar-refractivity contribution in [1.29, 1.82) is 0 Å². The molecule has 338 valence electrons. The Labute approximate surface area is 368 Å². The number of hydrogen-bond donors (Lipinski definition) is 0. The summed E-state index contributed by atoms with van der Waals surface area (Å²) in [6, 6.07) is 0. The fourth-order valence-electron chi connectivity index (χ4n) is 6.18. The van der Waals surface area contributed by atoms with E-state index in [0.717, 1.165) is 83.5 Å². The van der Waals surface area contributed by atoms with Gasteiger partial charge in [-0.05, 0) is 57.8 Å². The van der Waals surface area contributed by atoms with Crippen molar-refractivity contribution in [3.05, 3.63) is 109 Å². The first-order valence-electron chi connectivity index (χ1n) is 24.0. The van der Waals surface area contributed by atoms with E-state index < -0.39 is 6.10 Å². The molecular weight excluding hydrogens is 745 g/mol. The van der Waals surface area contributed by atoms with Crippen molar-refractivity contribution in [3.63, 3.8) is 0 Å². The molecule has 6 heteroatoms. The van der Waals surface area contributed by atoms with Gasteiger partial charge in [-0.25, -0.2) is 0 Å². The Morgan fingerprint density at radius 2 is 0.650 bits per heavy atom. The van der Waals surface area contributed by atoms with E-state index in [1.165, 1.54) is 70.6 Å². The molecule has 60 heavy (non-hydrogen) atoms. The van der Waals surface area contributed by atoms with Gasteiger partial charge in [0.15, 0.2) is 6.10 Å². The molecule has 0 saturated carbocycles. The Kier molecular flexibility index (Phi) is 44.6. The van der Waals surface area contributed by atoms with Crippen LogP contribution in [0.4, 0.5) is 0 Å². The summed E-state index contributed by atoms with van der Waals surface area (Å²) in [5, 5.41) is 0. The lowest BCUT2D eigenvalue weighted by molar-refractivity contribution is -0.167. The highest BCUT2D eigenvalue weighted by atomic mass is 16.6. The summed E-state index contributed by atoms with van der Waals surface area (Å²) < 4.78 is 16.7. The molecule has 0 fully saturated rings. The summed E-state index contributed by atoms with van der Waals surface area (Å²) in [7, 11) is 0. The van der Waals surface area contributed by atoms with Gasteiger partial charge in [0.1, 0.15) is 13.2 Å². The standard InChI is InChI=1S/C54H86O6/c1-4-7-10-13-16-19-22-25-27-30-32-35-38-41-44-47-53(56)59-50-51(49-58-52(55)46-43-40-37-34-31-28-24-21-18-15-12-9-6-3)60-54(57)48-45-42-39-36-33-29-26-23-20-17-14-11-8-5-2/h7,9-10,12-13,15-16,18-19,21-22,24-25,27-28,30-32,51H,4-6,8,11,14,17,20,23,26,29,33-50H2,1-3H3/b10-7+,12-9+,16-13+,18-15+,22-19+,24-21+,27-25+,31-28+,32-30+. The van der Waals surface area contributed by atoms with E-state index in [2.05, 4.69) is 45.1 Å². The molecule has 0 aliphatic heterocycles. The molecule has 6 nitrogen and oxygen atoms in total. The molecule has 0 aliphatic rings. The second-order valence-corrected chi connectivity index (χ2v) is 15.5. The van der Waals surface area contributed by atoms with Crippen LogP contribution >= 0.6 is 0 Å². The minimum absolute atomic E-state index is 0.113. The number of ether oxygens (including phenoxy) is 3. The van der Waals surface area contributed by atoms with Gasteiger partial charge in [-0.2, -0.15) is 0 Å². The highest BCUT2D eigenvalue weighted by Gasteiger charge is 2.19. The van der Waals surface area contributed by atoms with Crippen molar-refractivity contribution in [2.75, 3.05) is 13.2 Å². The Morgan fingerprint density at radius 3 is 1.02 bits per heavy atom. The van der Waals surface area contributed by atoms with Gasteiger partial charge in [0.05, 0.1) is 0 Å². The monoisotopic (exact) mass is 831 g/mol. The van der Waals surface area contributed by atoms with Gasteiger partial charge >= 0.3 is 17.9 Å². The number of carbonyl (C=O) groups is 3. The lowest BCUT2D eigenvalue weighted by Gasteiger charge is -2.18. The molecule has 0 saturated heterocycles. The first-order chi connectivity index (χ1) is 29.5. The van der Waals surface area contributed by atoms with Crippen LogP contribution in [0.15, 0.2) is 109 Å². The molecule has 0 bridgehead atoms. The van der Waals surface area contributed by atoms with Gasteiger partial charge in [0.25, 0.3) is 0 Å². The highest BCUT2D eigenvalue weighted by molar-refractivity contribution is 5.71. The van der Waals surface area contributed by atoms with Crippen LogP contribution in [-0.4, -0.2) is 37.2 Å². The van der Waals surface area contributed by atoms with Crippen LogP contribution in [0.1, 0.15) is 194 Å². The van der Waals surface area contributed by atoms with Crippen molar-refractivity contribution >= 4 is 17.9 Å². The number of esters is 3. The number of carbonyl (C=O) groups excluding carboxylic acids is 3. The van der Waals surface area contributed by atoms with Crippen LogP contribution < -0.4 is 0 Å². The van der Waals surface area contributed by atoms with Crippen LogP contribution in [0.25, 0.3) is 0 Å². The molecule has 0 aromatic rings. The quantitative estimate of drug-likeness (QED) is 0.0264. The van der Waals surface area contributed by atoms with E-state index in [-0.39, 0.29) is 31.1 Å². The van der Waals surface area contributed by atoms with Crippen molar-refractivity contribution in [3.8, 4) is 0 Å². The average molecular weight is 831 g/mol. The maximum absolute atomic E-state index is 12.8. The minimum Gasteiger partial charge on any atom is -0.462 e. The number of allylic oxidation sites excluding steroid dienone is 18. The van der Waals surface area contributed by atoms with Gasteiger partial charge < -0.3 is 14.2 Å². The largest absolute Gasteiger partial charge is 0.462 e. The number of rotatable bonds is 41. The molecule has 0 radical (unpaired) electrons. The average Bonchev–Trinajstić information content (AvgIpc) is 3.24. The third kappa shape index (κ3) is 45.2. The predicted molar refractivity (Wildman–Crippen MR) is 256 cm³/mol. The fourth-order valence-corrected chi connectivity index (χ4v) is 6.18. The molecule has 0 aromatic carbocycles. The molecular formula is C54H86O6. The van der Waals surface area contributed by atoms with Gasteiger partial charge in [0.2, 0.25) is 0 Å². The fraction of sp³-hybridized carbons (Fsp3) is 0.611. The zero-order valence-electron chi connectivity index (χ0n) is 38.4. The highest BCUT2D eigenvalue weighted by Crippen LogP contribution is 2.14. The maximum Gasteiger partial charge on any atom is 0.306 e. The molecule has 0 amide bonds. The third-order valence-electron chi connectivity index (χ3n) is 9.75. The normalized spacial score (nSPS) is 13.1. The van der Waals surface area contributed by atoms with Gasteiger partial charge in [-0.15, -0.1) is 0 Å². The predicted octanol–water partition coefficient (Wildman–Crippen LogP) is 15.6. The van der Waals surface area contributed by atoms with E-state index in [9.17, 15) is 14.4 Å². The van der Waals surface area contributed by atoms with E-state index >= 15 is 0 Å². The molecule has 1 unspecified atom stereocenters. The molecule has 0 spiro atoms. The Hall–Kier alpha value is -3.93. The van der Waals surface area contributed by atoms with Gasteiger partial charge in [-0.1, -0.05) is 226 Å². The minimum atomic E-state index is -0.810. The first-order valence-corrected chi connectivity index (χ1v) is 24.0. The molecule has 0 rings (SSSR count). The smallest absolute Gasteiger partial charge is 0.306 e. The summed E-state index contributed by atoms with van der Waals surface area (Å²) in [4.78, 5) is 37.9. The van der Waals surface area contributed by atoms with E-state index in [1.807, 2.05) is 85.1 Å². The summed E-state index contributed by atoms with van der Waals surface area (Å²) in [5.41, 5.74) is 0. The van der Waals surface area contributed by atoms with Crippen molar-refractivity contribution in [1.82, 2.24) is 0 Å². The molecule has 0 aliphatic carbocycles. The van der Waals surface area contributed by atoms with Gasteiger partial charge in [-0.3, -0.25) is 14.4 Å². The lowest BCUT2D eigenvalue weighted by atomic mass is 10.0. The summed E-state index contributed by atoms with van der Waals surface area (Å²) in [6.07, 6.45) is 63.5. The second kappa shape index (κ2) is 47.7. The SMILES string of the molecule is CC/C=C/C=C/C=C/C=C/C=C/CCCCCC(=O)OCC(COC(=O)CCCCC/C=C/C=C/C=C/C=C/CC)OC(=O)CCCCCCCCCCCCCCCC. The van der Waals surface area contributed by atoms with Gasteiger partial charge in [0, 0.05) is 19.3 Å². The number of unbranched alkanes of at least 4 members (excludes halogenated alkanes) is 19. The van der Waals surface area contributed by atoms with Crippen LogP contribution in [0.2, 0.25) is 0 Å². The van der Waals surface area contributed by atoms with Crippen LogP contribution in [0, 0.1) is 0 Å². The van der Waals surface area contributed by atoms with E-state index in [0.29, 0.717) is 19.3 Å². The molecule has 0 N–H and O–H groups in total. The zero-order chi connectivity index (χ0) is 43.7. The van der Waals surface area contributed by atoms with Crippen molar-refractivity contribution in [2.24, 2.45) is 0 Å². The van der Waals surface area contributed by atoms with Crippen LogP contribution in [0.3, 0.4) is 0 Å². The Balaban J connectivity index is 4.54.